The summed E-state index contributed by atoms with van der Waals surface area (Å²) in [5.41, 5.74) is 1.69. The maximum Gasteiger partial charge on any atom is 0.253 e. The van der Waals surface area contributed by atoms with Gasteiger partial charge >= 0.3 is 0 Å². The number of fused-ring (bicyclic) bond motifs is 1. The first-order chi connectivity index (χ1) is 22.5. The van der Waals surface area contributed by atoms with Crippen LogP contribution >= 0.6 is 0 Å². The smallest absolute Gasteiger partial charge is 0.253 e. The third-order valence-corrected chi connectivity index (χ3v) is 10.7. The van der Waals surface area contributed by atoms with E-state index in [2.05, 4.69) is 20.1 Å². The Balaban J connectivity index is 1.58. The van der Waals surface area contributed by atoms with Crippen LogP contribution in [0.15, 0.2) is 73.8 Å². The monoisotopic (exact) mass is 641 g/mol. The number of anilines is 1. The lowest BCUT2D eigenvalue weighted by molar-refractivity contribution is -0.151. The van der Waals surface area contributed by atoms with Crippen LogP contribution in [0.2, 0.25) is 0 Å². The number of hydrogen-bond donors (Lipinski definition) is 1. The Labute approximate surface area is 280 Å². The fourth-order valence-electron chi connectivity index (χ4n) is 8.36. The highest BCUT2D eigenvalue weighted by Crippen LogP contribution is 2.65. The minimum Gasteiger partial charge on any atom is -0.396 e. The molecule has 2 aromatic carbocycles. The van der Waals surface area contributed by atoms with Gasteiger partial charge in [-0.25, -0.2) is 0 Å². The molecule has 0 aromatic heterocycles. The summed E-state index contributed by atoms with van der Waals surface area (Å²) in [6.45, 7) is 17.4. The summed E-state index contributed by atoms with van der Waals surface area (Å²) in [5.74, 6) is -2.12. The van der Waals surface area contributed by atoms with Gasteiger partial charge in [-0.2, -0.15) is 0 Å². The number of carbonyl (C=O) groups excluding carboxylic acids is 3. The molecule has 3 amide bonds. The Morgan fingerprint density at radius 1 is 1.02 bits per heavy atom. The van der Waals surface area contributed by atoms with Crippen molar-refractivity contribution >= 4 is 23.4 Å². The van der Waals surface area contributed by atoms with Gasteiger partial charge < -0.3 is 24.5 Å². The molecule has 0 aliphatic carbocycles. The predicted octanol–water partition coefficient (Wildman–Crippen LogP) is 5.60. The van der Waals surface area contributed by atoms with Crippen LogP contribution < -0.4 is 4.90 Å². The first kappa shape index (κ1) is 34.6. The second-order valence-corrected chi connectivity index (χ2v) is 13.9. The highest BCUT2D eigenvalue weighted by molar-refractivity contribution is 6.05. The molecule has 3 fully saturated rings. The van der Waals surface area contributed by atoms with E-state index in [0.717, 1.165) is 35.2 Å². The standard InChI is InChI=1S/C39H51N3O5/c1-7-20-40(26-30-16-12-11-13-17-30)35(44)32-33-36(45)42(22-14-9-10-15-23-43)34(39(33)25-29(5)38(32,6)47-39)37(46)41(21-8-2)31-24-27(3)18-19-28(31)4/h7-8,11-13,16-19,24,29,32-34,43H,1-2,9-10,14-15,20-23,25-26H2,3-6H3/t29?,32-,33-,34?,38+,39?/m0/s1. The molecule has 2 aromatic rings. The number of benzene rings is 2. The fourth-order valence-corrected chi connectivity index (χ4v) is 8.36. The molecule has 3 saturated heterocycles. The number of aliphatic hydroxyl groups is 1. The normalized spacial score (nSPS) is 27.5. The number of likely N-dealkylation sites (tertiary alicyclic amines) is 1. The molecule has 5 rings (SSSR count). The zero-order valence-electron chi connectivity index (χ0n) is 28.5. The lowest BCUT2D eigenvalue weighted by atomic mass is 9.62. The minimum atomic E-state index is -1.14. The Morgan fingerprint density at radius 3 is 2.40 bits per heavy atom. The maximum absolute atomic E-state index is 15.0. The number of aryl methyl sites for hydroxylation is 2. The summed E-state index contributed by atoms with van der Waals surface area (Å²) in [7, 11) is 0. The van der Waals surface area contributed by atoms with E-state index in [-0.39, 0.29) is 36.8 Å². The van der Waals surface area contributed by atoms with E-state index in [1.807, 2.05) is 69.3 Å². The first-order valence-corrected chi connectivity index (χ1v) is 17.1. The number of rotatable bonds is 15. The number of hydrogen-bond acceptors (Lipinski definition) is 5. The van der Waals surface area contributed by atoms with E-state index >= 15 is 4.79 Å². The van der Waals surface area contributed by atoms with Gasteiger partial charge in [0.2, 0.25) is 11.8 Å². The summed E-state index contributed by atoms with van der Waals surface area (Å²) in [6.07, 6.45) is 6.97. The van der Waals surface area contributed by atoms with Crippen molar-refractivity contribution < 1.29 is 24.2 Å². The molecule has 0 saturated carbocycles. The fraction of sp³-hybridized carbons (Fsp3) is 0.513. The van der Waals surface area contributed by atoms with Crippen LogP contribution in [0.3, 0.4) is 0 Å². The van der Waals surface area contributed by atoms with Gasteiger partial charge in [0.05, 0.1) is 17.4 Å². The number of nitrogens with zero attached hydrogens (tertiary/aromatic N) is 3. The summed E-state index contributed by atoms with van der Waals surface area (Å²) < 4.78 is 7.05. The van der Waals surface area contributed by atoms with Crippen molar-refractivity contribution in [1.29, 1.82) is 0 Å². The van der Waals surface area contributed by atoms with Crippen molar-refractivity contribution in [3.05, 3.63) is 90.5 Å². The molecule has 3 aliphatic rings. The predicted molar refractivity (Wildman–Crippen MR) is 185 cm³/mol. The van der Waals surface area contributed by atoms with Gasteiger partial charge in [0, 0.05) is 38.5 Å². The first-order valence-electron chi connectivity index (χ1n) is 17.1. The quantitative estimate of drug-likeness (QED) is 0.202. The Morgan fingerprint density at radius 2 is 1.72 bits per heavy atom. The lowest BCUT2D eigenvalue weighted by Gasteiger charge is -2.39. The van der Waals surface area contributed by atoms with Crippen LogP contribution in [0.1, 0.15) is 62.6 Å². The SMILES string of the molecule is C=CCN(Cc1ccccc1)C(=O)[C@@H]1[C@H]2C(=O)N(CCCCCCO)C(C(=O)N(CC=C)c3cc(C)ccc3C)C23CC(C)[C@@]1(C)O3. The number of unbranched alkanes of at least 4 members (excludes halogenated alkanes) is 3. The van der Waals surface area contributed by atoms with E-state index in [1.165, 1.54) is 0 Å². The summed E-state index contributed by atoms with van der Waals surface area (Å²) >= 11 is 0. The number of ether oxygens (including phenoxy) is 1. The van der Waals surface area contributed by atoms with Gasteiger partial charge in [-0.3, -0.25) is 14.4 Å². The van der Waals surface area contributed by atoms with Crippen molar-refractivity contribution in [2.24, 2.45) is 17.8 Å². The van der Waals surface area contributed by atoms with E-state index in [0.29, 0.717) is 38.9 Å². The van der Waals surface area contributed by atoms with Gasteiger partial charge in [0.1, 0.15) is 11.6 Å². The van der Waals surface area contributed by atoms with Crippen LogP contribution in [0.4, 0.5) is 5.69 Å². The molecule has 2 bridgehead atoms. The summed E-state index contributed by atoms with van der Waals surface area (Å²) in [4.78, 5) is 49.8. The molecule has 1 N–H and O–H groups in total. The molecule has 3 heterocycles. The molecule has 8 nitrogen and oxygen atoms in total. The van der Waals surface area contributed by atoms with Crippen LogP contribution in [0, 0.1) is 31.6 Å². The second kappa shape index (κ2) is 14.2. The molecule has 47 heavy (non-hydrogen) atoms. The summed E-state index contributed by atoms with van der Waals surface area (Å²) in [6, 6.07) is 15.0. The zero-order chi connectivity index (χ0) is 33.9. The second-order valence-electron chi connectivity index (χ2n) is 13.9. The van der Waals surface area contributed by atoms with E-state index < -0.39 is 29.1 Å². The van der Waals surface area contributed by atoms with Crippen LogP contribution in [0.5, 0.6) is 0 Å². The van der Waals surface area contributed by atoms with Gasteiger partial charge in [0.25, 0.3) is 5.91 Å². The maximum atomic E-state index is 15.0. The molecule has 3 unspecified atom stereocenters. The van der Waals surface area contributed by atoms with Gasteiger partial charge in [0.15, 0.2) is 0 Å². The van der Waals surface area contributed by atoms with Crippen molar-refractivity contribution in [3.8, 4) is 0 Å². The zero-order valence-corrected chi connectivity index (χ0v) is 28.5. The third kappa shape index (κ3) is 6.18. The van der Waals surface area contributed by atoms with Crippen LogP contribution in [0.25, 0.3) is 0 Å². The highest BCUT2D eigenvalue weighted by atomic mass is 16.5. The largest absolute Gasteiger partial charge is 0.396 e. The van der Waals surface area contributed by atoms with Gasteiger partial charge in [-0.15, -0.1) is 13.2 Å². The van der Waals surface area contributed by atoms with Crippen molar-refractivity contribution in [3.63, 3.8) is 0 Å². The van der Waals surface area contributed by atoms with Crippen molar-refractivity contribution in [2.45, 2.75) is 83.6 Å². The van der Waals surface area contributed by atoms with E-state index in [1.54, 1.807) is 26.9 Å². The topological polar surface area (TPSA) is 90.4 Å². The van der Waals surface area contributed by atoms with E-state index in [4.69, 9.17) is 4.74 Å². The molecule has 1 spiro atoms. The molecular formula is C39H51N3O5. The Kier molecular flexibility index (Phi) is 10.4. The molecule has 0 radical (unpaired) electrons. The molecule has 6 atom stereocenters. The van der Waals surface area contributed by atoms with Crippen LogP contribution in [-0.2, 0) is 25.7 Å². The van der Waals surface area contributed by atoms with Gasteiger partial charge in [-0.05, 0) is 68.7 Å². The number of carbonyl (C=O) groups is 3. The lowest BCUT2D eigenvalue weighted by Crippen LogP contribution is -2.57. The average Bonchev–Trinajstić information content (AvgIpc) is 3.56. The Bertz CT molecular complexity index is 1490. The number of aliphatic hydroxyl groups excluding tert-OH is 1. The number of amides is 3. The van der Waals surface area contributed by atoms with E-state index in [9.17, 15) is 14.7 Å². The third-order valence-electron chi connectivity index (χ3n) is 10.7. The summed E-state index contributed by atoms with van der Waals surface area (Å²) in [5, 5.41) is 9.30. The Hall–Kier alpha value is -3.75. The van der Waals surface area contributed by atoms with Crippen molar-refractivity contribution in [1.82, 2.24) is 9.80 Å². The molecule has 252 valence electrons. The molecule has 3 aliphatic heterocycles. The molecule has 8 heteroatoms. The molecular weight excluding hydrogens is 590 g/mol. The van der Waals surface area contributed by atoms with Crippen LogP contribution in [-0.4, -0.2) is 76.1 Å². The van der Waals surface area contributed by atoms with Gasteiger partial charge in [-0.1, -0.05) is 74.4 Å². The highest BCUT2D eigenvalue weighted by Gasteiger charge is 2.80. The van der Waals surface area contributed by atoms with Crippen molar-refractivity contribution in [2.75, 3.05) is 31.1 Å². The minimum absolute atomic E-state index is 0.0591. The average molecular weight is 642 g/mol.